The van der Waals surface area contributed by atoms with E-state index in [-0.39, 0.29) is 24.1 Å². The summed E-state index contributed by atoms with van der Waals surface area (Å²) in [6.45, 7) is 1.79. The van der Waals surface area contributed by atoms with Crippen molar-refractivity contribution >= 4 is 5.78 Å². The van der Waals surface area contributed by atoms with E-state index in [1.54, 1.807) is 19.1 Å². The summed E-state index contributed by atoms with van der Waals surface area (Å²) in [4.78, 5) is 11.2. The summed E-state index contributed by atoms with van der Waals surface area (Å²) >= 11 is 0. The third kappa shape index (κ3) is 2.36. The van der Waals surface area contributed by atoms with Crippen LogP contribution in [0.4, 0.5) is 4.39 Å². The van der Waals surface area contributed by atoms with Crippen molar-refractivity contribution in [3.8, 4) is 0 Å². The van der Waals surface area contributed by atoms with Gasteiger partial charge in [0.1, 0.15) is 5.82 Å². The molecule has 0 spiro atoms. The molecule has 13 heavy (non-hydrogen) atoms. The first-order valence-corrected chi connectivity index (χ1v) is 4.13. The fourth-order valence-electron chi connectivity index (χ4n) is 1.11. The van der Waals surface area contributed by atoms with Crippen molar-refractivity contribution in [3.05, 3.63) is 35.6 Å². The topological polar surface area (TPSA) is 43.1 Å². The molecule has 1 unspecified atom stereocenters. The smallest absolute Gasteiger partial charge is 0.153 e. The normalized spacial score (nSPS) is 12.5. The molecular formula is C10H12FNO. The van der Waals surface area contributed by atoms with Crippen LogP contribution in [-0.2, 0) is 4.79 Å². The zero-order chi connectivity index (χ0) is 9.84. The molecule has 1 aromatic carbocycles. The zero-order valence-corrected chi connectivity index (χ0v) is 7.46. The monoisotopic (exact) mass is 181 g/mol. The van der Waals surface area contributed by atoms with Gasteiger partial charge >= 0.3 is 0 Å². The first-order chi connectivity index (χ1) is 6.15. The molecule has 0 saturated heterocycles. The number of hydrogen-bond acceptors (Lipinski definition) is 2. The van der Waals surface area contributed by atoms with E-state index in [1.807, 2.05) is 0 Å². The Kier molecular flexibility index (Phi) is 3.14. The van der Waals surface area contributed by atoms with Crippen LogP contribution in [0.15, 0.2) is 24.3 Å². The maximum Gasteiger partial charge on any atom is 0.153 e. The predicted molar refractivity (Wildman–Crippen MR) is 48.9 cm³/mol. The van der Waals surface area contributed by atoms with Crippen molar-refractivity contribution in [2.75, 3.05) is 6.54 Å². The third-order valence-corrected chi connectivity index (χ3v) is 2.05. The van der Waals surface area contributed by atoms with Gasteiger partial charge in [-0.25, -0.2) is 4.39 Å². The number of ketones is 1. The number of benzene rings is 1. The molecule has 2 nitrogen and oxygen atoms in total. The quantitative estimate of drug-likeness (QED) is 0.767. The Morgan fingerprint density at radius 1 is 1.46 bits per heavy atom. The molecular weight excluding hydrogens is 169 g/mol. The van der Waals surface area contributed by atoms with Gasteiger partial charge in [0.15, 0.2) is 5.78 Å². The minimum Gasteiger partial charge on any atom is -0.324 e. The van der Waals surface area contributed by atoms with E-state index in [9.17, 15) is 9.18 Å². The van der Waals surface area contributed by atoms with Crippen molar-refractivity contribution in [1.29, 1.82) is 0 Å². The van der Waals surface area contributed by atoms with E-state index < -0.39 is 0 Å². The van der Waals surface area contributed by atoms with Crippen molar-refractivity contribution in [2.45, 2.75) is 12.8 Å². The van der Waals surface area contributed by atoms with E-state index in [0.29, 0.717) is 0 Å². The standard InChI is InChI=1S/C10H12FNO/c1-7(10(13)6-12)8-2-4-9(11)5-3-8/h2-5,7H,6,12H2,1H3. The van der Waals surface area contributed by atoms with Crippen molar-refractivity contribution in [2.24, 2.45) is 5.73 Å². The molecule has 1 rings (SSSR count). The maximum atomic E-state index is 12.5. The summed E-state index contributed by atoms with van der Waals surface area (Å²) in [6, 6.07) is 5.90. The van der Waals surface area contributed by atoms with Crippen molar-refractivity contribution in [3.63, 3.8) is 0 Å². The van der Waals surface area contributed by atoms with Crippen LogP contribution in [0.25, 0.3) is 0 Å². The highest BCUT2D eigenvalue weighted by Gasteiger charge is 2.12. The maximum absolute atomic E-state index is 12.5. The van der Waals surface area contributed by atoms with Crippen molar-refractivity contribution < 1.29 is 9.18 Å². The van der Waals surface area contributed by atoms with E-state index in [2.05, 4.69) is 0 Å². The molecule has 0 amide bonds. The molecule has 0 aromatic heterocycles. The SMILES string of the molecule is CC(C(=O)CN)c1ccc(F)cc1. The Balaban J connectivity index is 2.83. The molecule has 0 heterocycles. The van der Waals surface area contributed by atoms with Gasteiger partial charge < -0.3 is 5.73 Å². The van der Waals surface area contributed by atoms with Gasteiger partial charge in [0.2, 0.25) is 0 Å². The molecule has 70 valence electrons. The average Bonchev–Trinajstić information content (AvgIpc) is 2.17. The van der Waals surface area contributed by atoms with Crippen LogP contribution in [0.1, 0.15) is 18.4 Å². The highest BCUT2D eigenvalue weighted by molar-refractivity contribution is 5.86. The van der Waals surface area contributed by atoms with Gasteiger partial charge in [0, 0.05) is 5.92 Å². The first kappa shape index (κ1) is 9.86. The van der Waals surface area contributed by atoms with Crippen LogP contribution >= 0.6 is 0 Å². The van der Waals surface area contributed by atoms with Crippen LogP contribution in [0.5, 0.6) is 0 Å². The van der Waals surface area contributed by atoms with Gasteiger partial charge in [-0.2, -0.15) is 0 Å². The Labute approximate surface area is 76.6 Å². The summed E-state index contributed by atoms with van der Waals surface area (Å²) in [7, 11) is 0. The largest absolute Gasteiger partial charge is 0.324 e. The lowest BCUT2D eigenvalue weighted by molar-refractivity contribution is -0.118. The molecule has 1 aromatic rings. The summed E-state index contributed by atoms with van der Waals surface area (Å²) in [5.74, 6) is -0.576. The number of rotatable bonds is 3. The van der Waals surface area contributed by atoms with Crippen LogP contribution in [0, 0.1) is 5.82 Å². The zero-order valence-electron chi connectivity index (χ0n) is 7.46. The minimum atomic E-state index is -0.295. The van der Waals surface area contributed by atoms with Gasteiger partial charge in [-0.05, 0) is 17.7 Å². The second kappa shape index (κ2) is 4.14. The molecule has 0 saturated carbocycles. The fraction of sp³-hybridized carbons (Fsp3) is 0.300. The van der Waals surface area contributed by atoms with Crippen LogP contribution < -0.4 is 5.73 Å². The Morgan fingerprint density at radius 3 is 2.46 bits per heavy atom. The fourth-order valence-corrected chi connectivity index (χ4v) is 1.11. The van der Waals surface area contributed by atoms with Crippen molar-refractivity contribution in [1.82, 2.24) is 0 Å². The Morgan fingerprint density at radius 2 is 2.00 bits per heavy atom. The van der Waals surface area contributed by atoms with Gasteiger partial charge in [-0.3, -0.25) is 4.79 Å². The van der Waals surface area contributed by atoms with Crippen LogP contribution in [0.2, 0.25) is 0 Å². The van der Waals surface area contributed by atoms with E-state index in [0.717, 1.165) is 5.56 Å². The number of carbonyl (C=O) groups excluding carboxylic acids is 1. The van der Waals surface area contributed by atoms with Gasteiger partial charge in [-0.15, -0.1) is 0 Å². The lowest BCUT2D eigenvalue weighted by Gasteiger charge is -2.08. The Hall–Kier alpha value is -1.22. The molecule has 0 fully saturated rings. The highest BCUT2D eigenvalue weighted by Crippen LogP contribution is 2.15. The molecule has 0 aliphatic carbocycles. The Bertz CT molecular complexity index is 294. The molecule has 2 N–H and O–H groups in total. The third-order valence-electron chi connectivity index (χ3n) is 2.05. The molecule has 3 heteroatoms. The average molecular weight is 181 g/mol. The van der Waals surface area contributed by atoms with E-state index in [4.69, 9.17) is 5.73 Å². The van der Waals surface area contributed by atoms with Crippen LogP contribution in [0.3, 0.4) is 0 Å². The minimum absolute atomic E-state index is 0.0263. The molecule has 0 radical (unpaired) electrons. The number of Topliss-reactive ketones (excluding diaryl/α,β-unsaturated/α-hetero) is 1. The summed E-state index contributed by atoms with van der Waals surface area (Å²) < 4.78 is 12.5. The molecule has 1 atom stereocenters. The molecule has 0 aliphatic heterocycles. The van der Waals surface area contributed by atoms with E-state index >= 15 is 0 Å². The lowest BCUT2D eigenvalue weighted by atomic mass is 9.97. The van der Waals surface area contributed by atoms with Gasteiger partial charge in [-0.1, -0.05) is 19.1 Å². The predicted octanol–water partition coefficient (Wildman–Crippen LogP) is 1.46. The molecule has 0 bridgehead atoms. The number of hydrogen-bond donors (Lipinski definition) is 1. The lowest BCUT2D eigenvalue weighted by Crippen LogP contribution is -2.19. The highest BCUT2D eigenvalue weighted by atomic mass is 19.1. The second-order valence-electron chi connectivity index (χ2n) is 2.94. The summed E-state index contributed by atoms with van der Waals surface area (Å²) in [5, 5.41) is 0. The summed E-state index contributed by atoms with van der Waals surface area (Å²) in [6.07, 6.45) is 0. The molecule has 0 aliphatic rings. The second-order valence-corrected chi connectivity index (χ2v) is 2.94. The number of nitrogens with two attached hydrogens (primary N) is 1. The number of carbonyl (C=O) groups is 1. The van der Waals surface area contributed by atoms with E-state index in [1.165, 1.54) is 12.1 Å². The summed E-state index contributed by atoms with van der Waals surface area (Å²) in [5.41, 5.74) is 6.02. The number of halogens is 1. The van der Waals surface area contributed by atoms with Crippen LogP contribution in [-0.4, -0.2) is 12.3 Å². The van der Waals surface area contributed by atoms with Gasteiger partial charge in [0.25, 0.3) is 0 Å². The van der Waals surface area contributed by atoms with Gasteiger partial charge in [0.05, 0.1) is 6.54 Å². The first-order valence-electron chi connectivity index (χ1n) is 4.13.